The van der Waals surface area contributed by atoms with Crippen LogP contribution in [0.3, 0.4) is 0 Å². The lowest BCUT2D eigenvalue weighted by atomic mass is 9.80. The highest BCUT2D eigenvalue weighted by Gasteiger charge is 2.19. The number of ketones is 1. The number of hydrogen-bond acceptors (Lipinski definition) is 2. The first kappa shape index (κ1) is 17.3. The van der Waals surface area contributed by atoms with Crippen molar-refractivity contribution in [2.45, 2.75) is 52.4 Å². The van der Waals surface area contributed by atoms with Crippen LogP contribution in [0.25, 0.3) is 0 Å². The fourth-order valence-corrected chi connectivity index (χ4v) is 2.63. The third-order valence-corrected chi connectivity index (χ3v) is 4.29. The van der Waals surface area contributed by atoms with E-state index >= 15 is 0 Å². The van der Waals surface area contributed by atoms with Gasteiger partial charge in [0, 0.05) is 5.56 Å². The number of rotatable bonds is 7. The van der Waals surface area contributed by atoms with Crippen LogP contribution in [0.5, 0.6) is 11.5 Å². The summed E-state index contributed by atoms with van der Waals surface area (Å²) in [4.78, 5) is 11.3. The Kier molecular flexibility index (Phi) is 5.59. The molecule has 0 aliphatic carbocycles. The average Bonchev–Trinajstić information content (AvgIpc) is 2.54. The number of unbranched alkanes of at least 4 members (excludes halogenated alkanes) is 1. The molecule has 0 N–H and O–H groups in total. The number of hydrogen-bond donors (Lipinski definition) is 0. The van der Waals surface area contributed by atoms with Gasteiger partial charge >= 0.3 is 0 Å². The van der Waals surface area contributed by atoms with Gasteiger partial charge in [-0.3, -0.25) is 4.79 Å². The zero-order valence-electron chi connectivity index (χ0n) is 14.6. The fraction of sp³-hybridized carbons (Fsp3) is 0.381. The topological polar surface area (TPSA) is 26.3 Å². The largest absolute Gasteiger partial charge is 0.457 e. The molecule has 0 fully saturated rings. The minimum absolute atomic E-state index is 0.0650. The van der Waals surface area contributed by atoms with Gasteiger partial charge in [0.15, 0.2) is 5.78 Å². The van der Waals surface area contributed by atoms with E-state index in [1.807, 2.05) is 24.3 Å². The second-order valence-corrected chi connectivity index (χ2v) is 6.69. The van der Waals surface area contributed by atoms with Gasteiger partial charge in [-0.1, -0.05) is 45.7 Å². The van der Waals surface area contributed by atoms with Crippen molar-refractivity contribution in [2.75, 3.05) is 0 Å². The number of carbonyl (C=O) groups excluding carboxylic acids is 1. The molecule has 0 heterocycles. The van der Waals surface area contributed by atoms with E-state index < -0.39 is 0 Å². The maximum Gasteiger partial charge on any atom is 0.159 e. The molecule has 122 valence electrons. The smallest absolute Gasteiger partial charge is 0.159 e. The highest BCUT2D eigenvalue weighted by atomic mass is 16.5. The summed E-state index contributed by atoms with van der Waals surface area (Å²) in [7, 11) is 0. The molecule has 0 aromatic heterocycles. The van der Waals surface area contributed by atoms with Crippen LogP contribution in [-0.2, 0) is 5.41 Å². The van der Waals surface area contributed by atoms with Gasteiger partial charge in [-0.2, -0.15) is 0 Å². The van der Waals surface area contributed by atoms with E-state index in [2.05, 4.69) is 32.9 Å². The number of Topliss-reactive ketones (excluding diaryl/α,β-unsaturated/α-hetero) is 1. The summed E-state index contributed by atoms with van der Waals surface area (Å²) in [6, 6.07) is 15.6. The molecular weight excluding hydrogens is 284 g/mol. The second-order valence-electron chi connectivity index (χ2n) is 6.69. The highest BCUT2D eigenvalue weighted by molar-refractivity contribution is 5.94. The molecule has 0 bridgehead atoms. The molecule has 0 unspecified atom stereocenters. The van der Waals surface area contributed by atoms with E-state index in [-0.39, 0.29) is 11.2 Å². The fourth-order valence-electron chi connectivity index (χ4n) is 2.63. The van der Waals surface area contributed by atoms with Crippen molar-refractivity contribution >= 4 is 5.78 Å². The monoisotopic (exact) mass is 310 g/mol. The summed E-state index contributed by atoms with van der Waals surface area (Å²) >= 11 is 0. The Labute approximate surface area is 139 Å². The molecule has 2 aromatic rings. The predicted octanol–water partition coefficient (Wildman–Crippen LogP) is 6.15. The van der Waals surface area contributed by atoms with E-state index in [0.717, 1.165) is 11.5 Å². The molecule has 0 atom stereocenters. The van der Waals surface area contributed by atoms with Crippen molar-refractivity contribution in [3.63, 3.8) is 0 Å². The molecular formula is C21H26O2. The Balaban J connectivity index is 2.06. The molecule has 0 saturated carbocycles. The molecule has 0 saturated heterocycles. The molecule has 0 aliphatic heterocycles. The summed E-state index contributed by atoms with van der Waals surface area (Å²) in [5, 5.41) is 0. The summed E-state index contributed by atoms with van der Waals surface area (Å²) in [5.74, 6) is 1.62. The van der Waals surface area contributed by atoms with Gasteiger partial charge in [-0.15, -0.1) is 0 Å². The molecule has 0 aliphatic rings. The van der Waals surface area contributed by atoms with Crippen molar-refractivity contribution in [1.82, 2.24) is 0 Å². The van der Waals surface area contributed by atoms with Crippen molar-refractivity contribution in [1.29, 1.82) is 0 Å². The Morgan fingerprint density at radius 1 is 0.957 bits per heavy atom. The van der Waals surface area contributed by atoms with Crippen LogP contribution in [0.1, 0.15) is 62.9 Å². The number of ether oxygens (including phenoxy) is 1. The average molecular weight is 310 g/mol. The van der Waals surface area contributed by atoms with Crippen molar-refractivity contribution in [3.05, 3.63) is 59.7 Å². The molecule has 2 nitrogen and oxygen atoms in total. The van der Waals surface area contributed by atoms with Crippen molar-refractivity contribution in [2.24, 2.45) is 0 Å². The third-order valence-electron chi connectivity index (χ3n) is 4.29. The van der Waals surface area contributed by atoms with Gasteiger partial charge in [0.05, 0.1) is 0 Å². The first-order valence-corrected chi connectivity index (χ1v) is 8.32. The predicted molar refractivity (Wildman–Crippen MR) is 95.5 cm³/mol. The minimum Gasteiger partial charge on any atom is -0.457 e. The summed E-state index contributed by atoms with van der Waals surface area (Å²) in [6.07, 6.45) is 3.66. The minimum atomic E-state index is 0.0650. The van der Waals surface area contributed by atoms with E-state index in [1.54, 1.807) is 19.1 Å². The van der Waals surface area contributed by atoms with Crippen LogP contribution < -0.4 is 4.74 Å². The summed E-state index contributed by atoms with van der Waals surface area (Å²) < 4.78 is 5.85. The van der Waals surface area contributed by atoms with Gasteiger partial charge in [-0.25, -0.2) is 0 Å². The van der Waals surface area contributed by atoms with Crippen LogP contribution in [-0.4, -0.2) is 5.78 Å². The Morgan fingerprint density at radius 3 is 1.96 bits per heavy atom. The van der Waals surface area contributed by atoms with Crippen LogP contribution in [0.2, 0.25) is 0 Å². The lowest BCUT2D eigenvalue weighted by molar-refractivity contribution is 0.101. The molecule has 0 amide bonds. The number of carbonyl (C=O) groups is 1. The van der Waals surface area contributed by atoms with E-state index in [0.29, 0.717) is 5.56 Å². The first-order valence-electron chi connectivity index (χ1n) is 8.32. The van der Waals surface area contributed by atoms with Gasteiger partial charge < -0.3 is 4.74 Å². The SMILES string of the molecule is CCCCC(C)(C)c1ccc(Oc2ccc(C(C)=O)cc2)cc1. The van der Waals surface area contributed by atoms with Crippen molar-refractivity contribution in [3.8, 4) is 11.5 Å². The zero-order chi connectivity index (χ0) is 16.9. The van der Waals surface area contributed by atoms with Gasteiger partial charge in [0.1, 0.15) is 11.5 Å². The molecule has 0 radical (unpaired) electrons. The molecule has 2 aromatic carbocycles. The summed E-state index contributed by atoms with van der Waals surface area (Å²) in [6.45, 7) is 8.37. The van der Waals surface area contributed by atoms with Gasteiger partial charge in [0.25, 0.3) is 0 Å². The zero-order valence-corrected chi connectivity index (χ0v) is 14.6. The Hall–Kier alpha value is -2.09. The molecule has 23 heavy (non-hydrogen) atoms. The Morgan fingerprint density at radius 2 is 1.48 bits per heavy atom. The van der Waals surface area contributed by atoms with Crippen LogP contribution in [0.15, 0.2) is 48.5 Å². The summed E-state index contributed by atoms with van der Waals surface area (Å²) in [5.41, 5.74) is 2.23. The highest BCUT2D eigenvalue weighted by Crippen LogP contribution is 2.31. The van der Waals surface area contributed by atoms with E-state index in [1.165, 1.54) is 24.8 Å². The first-order chi connectivity index (χ1) is 10.9. The molecule has 0 spiro atoms. The lowest BCUT2D eigenvalue weighted by Crippen LogP contribution is -2.16. The normalized spacial score (nSPS) is 11.3. The van der Waals surface area contributed by atoms with Gasteiger partial charge in [0.2, 0.25) is 0 Å². The Bertz CT molecular complexity index is 637. The maximum atomic E-state index is 11.3. The second kappa shape index (κ2) is 7.45. The number of benzene rings is 2. The van der Waals surface area contributed by atoms with E-state index in [4.69, 9.17) is 4.74 Å². The van der Waals surface area contributed by atoms with Crippen LogP contribution in [0.4, 0.5) is 0 Å². The van der Waals surface area contributed by atoms with Crippen LogP contribution in [0, 0.1) is 0 Å². The third kappa shape index (κ3) is 4.69. The standard InChI is InChI=1S/C21H26O2/c1-5-6-15-21(3,4)18-9-13-20(14-10-18)23-19-11-7-17(8-12-19)16(2)22/h7-14H,5-6,15H2,1-4H3. The van der Waals surface area contributed by atoms with Crippen LogP contribution >= 0.6 is 0 Å². The maximum absolute atomic E-state index is 11.3. The quantitative estimate of drug-likeness (QED) is 0.573. The van der Waals surface area contributed by atoms with Crippen molar-refractivity contribution < 1.29 is 9.53 Å². The van der Waals surface area contributed by atoms with E-state index in [9.17, 15) is 4.79 Å². The molecule has 2 heteroatoms. The lowest BCUT2D eigenvalue weighted by Gasteiger charge is -2.25. The molecule has 2 rings (SSSR count). The van der Waals surface area contributed by atoms with Gasteiger partial charge in [-0.05, 0) is 60.7 Å².